The van der Waals surface area contributed by atoms with Crippen molar-refractivity contribution in [3.63, 3.8) is 0 Å². The van der Waals surface area contributed by atoms with Crippen molar-refractivity contribution in [2.45, 2.75) is 31.8 Å². The van der Waals surface area contributed by atoms with Gasteiger partial charge >= 0.3 is 12.0 Å². The number of carbonyl (C=O) groups excluding carboxylic acids is 3. The van der Waals surface area contributed by atoms with Crippen molar-refractivity contribution in [2.24, 2.45) is 0 Å². The number of carboxylic acids is 1. The number of carboxylic acid groups (broad SMARTS) is 1. The van der Waals surface area contributed by atoms with Gasteiger partial charge < -0.3 is 29.7 Å². The molecular formula is C28H37N5O7. The second-order valence-corrected chi connectivity index (χ2v) is 9.53. The number of aliphatic carboxylic acids is 1. The molecule has 0 saturated carbocycles. The lowest BCUT2D eigenvalue weighted by molar-refractivity contribution is -0.161. The van der Waals surface area contributed by atoms with Crippen molar-refractivity contribution in [3.05, 3.63) is 59.7 Å². The lowest BCUT2D eigenvalue weighted by atomic mass is 10.1. The number of nitrogens with one attached hydrogen (secondary N) is 1. The number of nitrogens with zero attached hydrogens (tertiary/aromatic N) is 4. The van der Waals surface area contributed by atoms with Gasteiger partial charge in [-0.3, -0.25) is 14.4 Å². The van der Waals surface area contributed by atoms with Crippen molar-refractivity contribution in [1.29, 1.82) is 0 Å². The molecule has 0 radical (unpaired) electrons. The van der Waals surface area contributed by atoms with Crippen LogP contribution in [0.5, 0.6) is 11.5 Å². The number of hydrogen-bond donors (Lipinski definition) is 2. The van der Waals surface area contributed by atoms with Crippen molar-refractivity contribution in [3.8, 4) is 11.5 Å². The third-order valence-corrected chi connectivity index (χ3v) is 6.78. The van der Waals surface area contributed by atoms with E-state index in [-0.39, 0.29) is 44.4 Å². The van der Waals surface area contributed by atoms with Gasteiger partial charge in [0.25, 0.3) is 0 Å². The minimum Gasteiger partial charge on any atom is -0.497 e. The van der Waals surface area contributed by atoms with E-state index in [9.17, 15) is 24.3 Å². The van der Waals surface area contributed by atoms with Crippen LogP contribution in [0.3, 0.4) is 0 Å². The van der Waals surface area contributed by atoms with E-state index in [1.54, 1.807) is 40.4 Å². The SMILES string of the molecule is COc1ccc(CCN(C)C(=O)C(CCC(=O)O)N2CN(C(=O)NCc3ccc(OC)cc3)N(C)CC2=O)cc1. The van der Waals surface area contributed by atoms with Crippen molar-refractivity contribution >= 4 is 23.8 Å². The van der Waals surface area contributed by atoms with E-state index in [0.29, 0.717) is 18.7 Å². The summed E-state index contributed by atoms with van der Waals surface area (Å²) in [5.41, 5.74) is 1.85. The monoisotopic (exact) mass is 555 g/mol. The standard InChI is InChI=1S/C28H37N5O7/c1-30(16-15-20-5-9-22(39-3)10-6-20)27(37)24(13-14-26(35)36)32-19-33(31(2)18-25(32)34)28(38)29-17-21-7-11-23(40-4)12-8-21/h5-12,24H,13-19H2,1-4H3,(H,29,38)(H,35,36). The number of carbonyl (C=O) groups is 4. The molecule has 2 N–H and O–H groups in total. The Hall–Kier alpha value is -4.32. The first-order valence-corrected chi connectivity index (χ1v) is 12.9. The van der Waals surface area contributed by atoms with Crippen LogP contribution in [0, 0.1) is 0 Å². The van der Waals surface area contributed by atoms with E-state index in [2.05, 4.69) is 5.32 Å². The minimum absolute atomic E-state index is 0.0716. The van der Waals surface area contributed by atoms with Crippen LogP contribution < -0.4 is 14.8 Å². The summed E-state index contributed by atoms with van der Waals surface area (Å²) >= 11 is 0. The third-order valence-electron chi connectivity index (χ3n) is 6.78. The fourth-order valence-electron chi connectivity index (χ4n) is 4.33. The summed E-state index contributed by atoms with van der Waals surface area (Å²) in [7, 11) is 6.39. The fraction of sp³-hybridized carbons (Fsp3) is 0.429. The molecule has 2 aromatic carbocycles. The van der Waals surface area contributed by atoms with E-state index in [4.69, 9.17) is 9.47 Å². The number of urea groups is 1. The summed E-state index contributed by atoms with van der Waals surface area (Å²) in [5.74, 6) is -0.395. The topological polar surface area (TPSA) is 132 Å². The number of ether oxygens (including phenoxy) is 2. The maximum Gasteiger partial charge on any atom is 0.333 e. The Balaban J connectivity index is 1.69. The number of hydrazine groups is 1. The molecule has 216 valence electrons. The van der Waals surface area contributed by atoms with Crippen LogP contribution >= 0.6 is 0 Å². The lowest BCUT2D eigenvalue weighted by Crippen LogP contribution is -2.65. The number of rotatable bonds is 12. The molecule has 12 nitrogen and oxygen atoms in total. The average Bonchev–Trinajstić information content (AvgIpc) is 2.95. The van der Waals surface area contributed by atoms with E-state index < -0.39 is 18.0 Å². The van der Waals surface area contributed by atoms with Crippen LogP contribution in [-0.2, 0) is 27.3 Å². The molecule has 12 heteroatoms. The van der Waals surface area contributed by atoms with Gasteiger partial charge in [-0.25, -0.2) is 14.8 Å². The Kier molecular flexibility index (Phi) is 10.7. The first-order valence-electron chi connectivity index (χ1n) is 12.9. The number of amides is 4. The normalized spacial score (nSPS) is 14.4. The smallest absolute Gasteiger partial charge is 0.333 e. The Bertz CT molecular complexity index is 1170. The van der Waals surface area contributed by atoms with Gasteiger partial charge in [-0.2, -0.15) is 0 Å². The van der Waals surface area contributed by atoms with Gasteiger partial charge in [0.15, 0.2) is 0 Å². The largest absolute Gasteiger partial charge is 0.497 e. The second-order valence-electron chi connectivity index (χ2n) is 9.53. The molecule has 0 aliphatic carbocycles. The molecule has 1 saturated heterocycles. The van der Waals surface area contributed by atoms with Crippen LogP contribution in [0.1, 0.15) is 24.0 Å². The quantitative estimate of drug-likeness (QED) is 0.405. The number of methoxy groups -OCH3 is 2. The van der Waals surface area contributed by atoms with Crippen molar-refractivity contribution < 1.29 is 33.8 Å². The Labute approximate surface area is 234 Å². The molecule has 1 atom stereocenters. The van der Waals surface area contributed by atoms with Gasteiger partial charge in [0, 0.05) is 33.6 Å². The van der Waals surface area contributed by atoms with E-state index in [1.807, 2.05) is 36.4 Å². The molecule has 1 aliphatic rings. The third kappa shape index (κ3) is 8.09. The summed E-state index contributed by atoms with van der Waals surface area (Å²) in [6.07, 6.45) is 0.193. The summed E-state index contributed by atoms with van der Waals surface area (Å²) in [6.45, 7) is 0.286. The first-order chi connectivity index (χ1) is 19.1. The molecule has 1 fully saturated rings. The van der Waals surface area contributed by atoms with Crippen molar-refractivity contribution in [2.75, 3.05) is 48.1 Å². The fourth-order valence-corrected chi connectivity index (χ4v) is 4.33. The molecule has 0 spiro atoms. The van der Waals surface area contributed by atoms with E-state index in [0.717, 1.165) is 16.9 Å². The van der Waals surface area contributed by atoms with Gasteiger partial charge in [-0.1, -0.05) is 24.3 Å². The number of hydrogen-bond acceptors (Lipinski definition) is 7. The molecule has 2 aromatic rings. The Morgan fingerprint density at radius 2 is 1.57 bits per heavy atom. The highest BCUT2D eigenvalue weighted by molar-refractivity contribution is 5.89. The van der Waals surface area contributed by atoms with Crippen LogP contribution in [-0.4, -0.2) is 103 Å². The van der Waals surface area contributed by atoms with Crippen LogP contribution in [0.25, 0.3) is 0 Å². The Morgan fingerprint density at radius 1 is 1.00 bits per heavy atom. The number of benzene rings is 2. The van der Waals surface area contributed by atoms with E-state index in [1.165, 1.54) is 19.8 Å². The predicted molar refractivity (Wildman–Crippen MR) is 146 cm³/mol. The van der Waals surface area contributed by atoms with Crippen LogP contribution in [0.4, 0.5) is 4.79 Å². The van der Waals surface area contributed by atoms with Crippen LogP contribution in [0.2, 0.25) is 0 Å². The van der Waals surface area contributed by atoms with Gasteiger partial charge in [0.05, 0.1) is 20.8 Å². The first kappa shape index (κ1) is 30.2. The molecule has 1 aliphatic heterocycles. The molecular weight excluding hydrogens is 518 g/mol. The predicted octanol–water partition coefficient (Wildman–Crippen LogP) is 1.80. The molecule has 0 bridgehead atoms. The number of likely N-dealkylation sites (N-methyl/N-ethyl adjacent to an activating group) is 2. The minimum atomic E-state index is -1.07. The van der Waals surface area contributed by atoms with Gasteiger partial charge in [-0.05, 0) is 48.2 Å². The summed E-state index contributed by atoms with van der Waals surface area (Å²) < 4.78 is 10.3. The van der Waals surface area contributed by atoms with Gasteiger partial charge in [0.2, 0.25) is 11.8 Å². The molecule has 1 unspecified atom stereocenters. The highest BCUT2D eigenvalue weighted by atomic mass is 16.5. The summed E-state index contributed by atoms with van der Waals surface area (Å²) in [6, 6.07) is 13.2. The zero-order valence-corrected chi connectivity index (χ0v) is 23.3. The molecule has 4 amide bonds. The average molecular weight is 556 g/mol. The van der Waals surface area contributed by atoms with Crippen molar-refractivity contribution in [1.82, 2.24) is 25.1 Å². The maximum atomic E-state index is 13.5. The Morgan fingerprint density at radius 3 is 2.12 bits per heavy atom. The zero-order valence-electron chi connectivity index (χ0n) is 23.3. The summed E-state index contributed by atoms with van der Waals surface area (Å²) in [5, 5.41) is 15.0. The van der Waals surface area contributed by atoms with Gasteiger partial charge in [0.1, 0.15) is 24.2 Å². The lowest BCUT2D eigenvalue weighted by Gasteiger charge is -2.44. The molecule has 40 heavy (non-hydrogen) atoms. The zero-order chi connectivity index (χ0) is 29.2. The highest BCUT2D eigenvalue weighted by Gasteiger charge is 2.39. The molecule has 3 rings (SSSR count). The van der Waals surface area contributed by atoms with Crippen LogP contribution in [0.15, 0.2) is 48.5 Å². The van der Waals surface area contributed by atoms with Gasteiger partial charge in [-0.15, -0.1) is 0 Å². The van der Waals surface area contributed by atoms with E-state index >= 15 is 0 Å². The highest BCUT2D eigenvalue weighted by Crippen LogP contribution is 2.19. The maximum absolute atomic E-state index is 13.5. The molecule has 0 aromatic heterocycles. The summed E-state index contributed by atoms with van der Waals surface area (Å²) in [4.78, 5) is 53.8. The second kappa shape index (κ2) is 14.2. The molecule has 1 heterocycles.